The fourth-order valence-corrected chi connectivity index (χ4v) is 2.98. The second-order valence-electron chi connectivity index (χ2n) is 6.09. The van der Waals surface area contributed by atoms with Crippen molar-refractivity contribution in [3.05, 3.63) is 78.0 Å². The van der Waals surface area contributed by atoms with Gasteiger partial charge in [-0.05, 0) is 35.9 Å². The van der Waals surface area contributed by atoms with Gasteiger partial charge in [0.05, 0.1) is 17.9 Å². The predicted molar refractivity (Wildman–Crippen MR) is 97.1 cm³/mol. The van der Waals surface area contributed by atoms with E-state index in [-0.39, 0.29) is 18.2 Å². The van der Waals surface area contributed by atoms with Crippen molar-refractivity contribution in [1.82, 2.24) is 4.98 Å². The standard InChI is InChI=1S/C20H16F3N3O/c21-20(22,23)17-10-11-24-19-18(17)25-13-26(19)15-6-8-16(9-7-15)27-12-14-4-2-1-3-5-14/h1-11,25H,12-13H2. The molecule has 0 saturated heterocycles. The topological polar surface area (TPSA) is 37.4 Å². The summed E-state index contributed by atoms with van der Waals surface area (Å²) in [6, 6.07) is 18.0. The summed E-state index contributed by atoms with van der Waals surface area (Å²) in [7, 11) is 0. The molecule has 138 valence electrons. The zero-order valence-electron chi connectivity index (χ0n) is 14.2. The molecule has 0 unspecified atom stereocenters. The summed E-state index contributed by atoms with van der Waals surface area (Å²) in [4.78, 5) is 5.82. The molecule has 1 N–H and O–H groups in total. The third-order valence-corrected chi connectivity index (χ3v) is 4.30. The Morgan fingerprint density at radius 2 is 1.74 bits per heavy atom. The van der Waals surface area contributed by atoms with Crippen LogP contribution in [0.25, 0.3) is 0 Å². The number of ether oxygens (including phenoxy) is 1. The summed E-state index contributed by atoms with van der Waals surface area (Å²) >= 11 is 0. The quantitative estimate of drug-likeness (QED) is 0.684. The zero-order chi connectivity index (χ0) is 18.9. The molecular formula is C20H16F3N3O. The minimum Gasteiger partial charge on any atom is -0.489 e. The fourth-order valence-electron chi connectivity index (χ4n) is 2.98. The number of benzene rings is 2. The van der Waals surface area contributed by atoms with Crippen LogP contribution in [-0.2, 0) is 12.8 Å². The van der Waals surface area contributed by atoms with E-state index in [0.717, 1.165) is 17.3 Å². The summed E-state index contributed by atoms with van der Waals surface area (Å²) in [6.45, 7) is 0.671. The van der Waals surface area contributed by atoms with Crippen LogP contribution in [0.15, 0.2) is 66.9 Å². The van der Waals surface area contributed by atoms with Crippen molar-refractivity contribution >= 4 is 17.2 Å². The van der Waals surface area contributed by atoms with Gasteiger partial charge in [-0.15, -0.1) is 0 Å². The first kappa shape index (κ1) is 17.2. The van der Waals surface area contributed by atoms with Gasteiger partial charge in [-0.25, -0.2) is 4.98 Å². The van der Waals surface area contributed by atoms with E-state index in [4.69, 9.17) is 4.74 Å². The third-order valence-electron chi connectivity index (χ3n) is 4.30. The summed E-state index contributed by atoms with van der Waals surface area (Å²) < 4.78 is 45.2. The van der Waals surface area contributed by atoms with E-state index in [9.17, 15) is 13.2 Å². The molecule has 0 radical (unpaired) electrons. The fraction of sp³-hybridized carbons (Fsp3) is 0.150. The molecule has 1 aliphatic rings. The first-order valence-corrected chi connectivity index (χ1v) is 8.37. The number of rotatable bonds is 4. The van der Waals surface area contributed by atoms with Crippen molar-refractivity contribution in [2.75, 3.05) is 16.9 Å². The molecule has 0 saturated carbocycles. The highest BCUT2D eigenvalue weighted by Gasteiger charge is 2.37. The van der Waals surface area contributed by atoms with Crippen molar-refractivity contribution in [1.29, 1.82) is 0 Å². The maximum Gasteiger partial charge on any atom is 0.418 e. The van der Waals surface area contributed by atoms with Crippen molar-refractivity contribution in [2.45, 2.75) is 12.8 Å². The lowest BCUT2D eigenvalue weighted by atomic mass is 10.2. The first-order valence-electron chi connectivity index (χ1n) is 8.37. The molecule has 0 atom stereocenters. The Morgan fingerprint density at radius 3 is 2.44 bits per heavy atom. The van der Waals surface area contributed by atoms with Crippen LogP contribution in [0.5, 0.6) is 5.75 Å². The van der Waals surface area contributed by atoms with E-state index in [2.05, 4.69) is 10.3 Å². The number of anilines is 3. The number of fused-ring (bicyclic) bond motifs is 1. The second-order valence-corrected chi connectivity index (χ2v) is 6.09. The molecule has 0 bridgehead atoms. The number of hydrogen-bond acceptors (Lipinski definition) is 4. The monoisotopic (exact) mass is 371 g/mol. The molecule has 7 heteroatoms. The van der Waals surface area contributed by atoms with Crippen LogP contribution in [0.2, 0.25) is 0 Å². The van der Waals surface area contributed by atoms with Crippen LogP contribution in [0.3, 0.4) is 0 Å². The molecular weight excluding hydrogens is 355 g/mol. The Balaban J connectivity index is 1.51. The Bertz CT molecular complexity index is 927. The molecule has 3 aromatic rings. The van der Waals surface area contributed by atoms with Gasteiger partial charge in [0.25, 0.3) is 0 Å². The highest BCUT2D eigenvalue weighted by Crippen LogP contribution is 2.43. The second kappa shape index (κ2) is 6.83. The predicted octanol–water partition coefficient (Wildman–Crippen LogP) is 5.20. The van der Waals surface area contributed by atoms with E-state index in [1.165, 1.54) is 6.20 Å². The van der Waals surface area contributed by atoms with Gasteiger partial charge in [0.15, 0.2) is 5.82 Å². The largest absolute Gasteiger partial charge is 0.489 e. The van der Waals surface area contributed by atoms with Crippen molar-refractivity contribution < 1.29 is 17.9 Å². The minimum atomic E-state index is -4.43. The Hall–Kier alpha value is -3.22. The van der Waals surface area contributed by atoms with E-state index in [1.807, 2.05) is 30.3 Å². The number of halogens is 3. The normalized spacial score (nSPS) is 13.2. The maximum atomic E-state index is 13.1. The molecule has 4 rings (SSSR count). The van der Waals surface area contributed by atoms with E-state index >= 15 is 0 Å². The number of pyridine rings is 1. The smallest absolute Gasteiger partial charge is 0.418 e. The summed E-state index contributed by atoms with van der Waals surface area (Å²) in [5.74, 6) is 0.953. The lowest BCUT2D eigenvalue weighted by molar-refractivity contribution is -0.136. The number of aromatic nitrogens is 1. The van der Waals surface area contributed by atoms with Crippen LogP contribution in [0, 0.1) is 0 Å². The average molecular weight is 371 g/mol. The molecule has 0 fully saturated rings. The molecule has 0 aliphatic carbocycles. The van der Waals surface area contributed by atoms with Gasteiger partial charge in [0, 0.05) is 11.9 Å². The first-order chi connectivity index (χ1) is 13.0. The van der Waals surface area contributed by atoms with Gasteiger partial charge in [-0.2, -0.15) is 13.2 Å². The Kier molecular flexibility index (Phi) is 4.35. The molecule has 1 aromatic heterocycles. The molecule has 2 heterocycles. The average Bonchev–Trinajstić information content (AvgIpc) is 3.11. The van der Waals surface area contributed by atoms with Crippen molar-refractivity contribution in [3.8, 4) is 5.75 Å². The lowest BCUT2D eigenvalue weighted by Crippen LogP contribution is -2.16. The highest BCUT2D eigenvalue weighted by atomic mass is 19.4. The van der Waals surface area contributed by atoms with Crippen LogP contribution >= 0.6 is 0 Å². The summed E-state index contributed by atoms with van der Waals surface area (Å²) in [5.41, 5.74) is 1.09. The molecule has 0 amide bonds. The summed E-state index contributed by atoms with van der Waals surface area (Å²) in [5, 5.41) is 2.80. The molecule has 4 nitrogen and oxygen atoms in total. The van der Waals surface area contributed by atoms with Crippen molar-refractivity contribution in [2.24, 2.45) is 0 Å². The van der Waals surface area contributed by atoms with Crippen LogP contribution in [0.4, 0.5) is 30.4 Å². The Labute approximate surface area is 154 Å². The highest BCUT2D eigenvalue weighted by molar-refractivity contribution is 5.80. The van der Waals surface area contributed by atoms with Gasteiger partial charge in [0.1, 0.15) is 12.4 Å². The molecule has 2 aromatic carbocycles. The van der Waals surface area contributed by atoms with Crippen LogP contribution in [0.1, 0.15) is 11.1 Å². The number of nitrogens with one attached hydrogen (secondary N) is 1. The number of alkyl halides is 3. The summed E-state index contributed by atoms with van der Waals surface area (Å²) in [6.07, 6.45) is -3.25. The van der Waals surface area contributed by atoms with Gasteiger partial charge in [0.2, 0.25) is 0 Å². The molecule has 27 heavy (non-hydrogen) atoms. The minimum absolute atomic E-state index is 0.00871. The third kappa shape index (κ3) is 3.53. The van der Waals surface area contributed by atoms with Gasteiger partial charge in [-0.3, -0.25) is 0 Å². The maximum absolute atomic E-state index is 13.1. The lowest BCUT2D eigenvalue weighted by Gasteiger charge is -2.18. The number of hydrogen-bond donors (Lipinski definition) is 1. The Morgan fingerprint density at radius 1 is 1.00 bits per heavy atom. The van der Waals surface area contributed by atoms with E-state index in [0.29, 0.717) is 12.4 Å². The van der Waals surface area contributed by atoms with Crippen molar-refractivity contribution in [3.63, 3.8) is 0 Å². The van der Waals surface area contributed by atoms with Gasteiger partial charge in [-0.1, -0.05) is 30.3 Å². The zero-order valence-corrected chi connectivity index (χ0v) is 14.2. The molecule has 0 spiro atoms. The molecule has 1 aliphatic heterocycles. The SMILES string of the molecule is FC(F)(F)c1ccnc2c1NCN2c1ccc(OCc2ccccc2)cc1. The van der Waals surface area contributed by atoms with E-state index in [1.54, 1.807) is 29.2 Å². The van der Waals surface area contributed by atoms with E-state index < -0.39 is 11.7 Å². The number of nitrogens with zero attached hydrogens (tertiary/aromatic N) is 2. The van der Waals surface area contributed by atoms with Gasteiger partial charge >= 0.3 is 6.18 Å². The van der Waals surface area contributed by atoms with Crippen LogP contribution < -0.4 is 15.0 Å². The van der Waals surface area contributed by atoms with Crippen LogP contribution in [-0.4, -0.2) is 11.7 Å². The van der Waals surface area contributed by atoms with Gasteiger partial charge < -0.3 is 15.0 Å².